The Kier molecular flexibility index (Phi) is 4.39. The number of carboxylic acids is 1. The quantitative estimate of drug-likeness (QED) is 0.609. The molecule has 1 aliphatic rings. The molecule has 0 spiro atoms. The summed E-state index contributed by atoms with van der Waals surface area (Å²) in [6.07, 6.45) is 2.49. The second kappa shape index (κ2) is 6.04. The van der Waals surface area contributed by atoms with Crippen LogP contribution in [0.4, 0.5) is 0 Å². The number of carbonyl (C=O) groups excluding carboxylic acids is 1. The lowest BCUT2D eigenvalue weighted by atomic mass is 10.0. The molecule has 1 amide bonds. The number of amides is 1. The van der Waals surface area contributed by atoms with Crippen molar-refractivity contribution in [2.75, 3.05) is 0 Å². The van der Waals surface area contributed by atoms with Crippen molar-refractivity contribution in [1.29, 1.82) is 0 Å². The molecule has 1 unspecified atom stereocenters. The van der Waals surface area contributed by atoms with E-state index in [4.69, 9.17) is 5.11 Å². The predicted octanol–water partition coefficient (Wildman–Crippen LogP) is 0.0395. The molecule has 7 nitrogen and oxygen atoms in total. The van der Waals surface area contributed by atoms with E-state index in [1.54, 1.807) is 6.33 Å². The van der Waals surface area contributed by atoms with Gasteiger partial charge in [-0.3, -0.25) is 10.1 Å². The largest absolute Gasteiger partial charge is 0.480 e. The number of fused-ring (bicyclic) bond motifs is 1. The molecule has 2 rings (SSSR count). The Bertz CT molecular complexity index is 498. The molecular weight excluding hydrogens is 260 g/mol. The van der Waals surface area contributed by atoms with Gasteiger partial charge in [-0.1, -0.05) is 13.8 Å². The number of aliphatic carboxylic acids is 1. The van der Waals surface area contributed by atoms with Gasteiger partial charge < -0.3 is 15.4 Å². The lowest BCUT2D eigenvalue weighted by Crippen LogP contribution is -2.52. The molecule has 0 fully saturated rings. The van der Waals surface area contributed by atoms with E-state index in [2.05, 4.69) is 20.6 Å². The topological polar surface area (TPSA) is 107 Å². The minimum atomic E-state index is -0.997. The van der Waals surface area contributed by atoms with Crippen molar-refractivity contribution in [2.45, 2.75) is 45.3 Å². The van der Waals surface area contributed by atoms with Gasteiger partial charge in [-0.2, -0.15) is 0 Å². The second-order valence-electron chi connectivity index (χ2n) is 5.49. The third-order valence-electron chi connectivity index (χ3n) is 3.37. The van der Waals surface area contributed by atoms with E-state index < -0.39 is 18.1 Å². The maximum Gasteiger partial charge on any atom is 0.326 e. The lowest BCUT2D eigenvalue weighted by Gasteiger charge is -2.24. The number of aromatic nitrogens is 2. The van der Waals surface area contributed by atoms with Crippen LogP contribution in [0.5, 0.6) is 0 Å². The van der Waals surface area contributed by atoms with Gasteiger partial charge in [0, 0.05) is 13.0 Å². The number of hydrogen-bond acceptors (Lipinski definition) is 4. The Morgan fingerprint density at radius 3 is 2.95 bits per heavy atom. The fraction of sp³-hybridized carbons (Fsp3) is 0.615. The van der Waals surface area contributed by atoms with E-state index in [9.17, 15) is 9.59 Å². The SMILES string of the molecule is CC(C)C[C@H](NC(=O)C1Cc2nc[nH]c2CN1)C(=O)O. The summed E-state index contributed by atoms with van der Waals surface area (Å²) in [6, 6.07) is -1.27. The van der Waals surface area contributed by atoms with Crippen LogP contribution in [0, 0.1) is 5.92 Å². The van der Waals surface area contributed by atoms with Gasteiger partial charge in [0.15, 0.2) is 0 Å². The average Bonchev–Trinajstić information content (AvgIpc) is 2.84. The third kappa shape index (κ3) is 3.36. The predicted molar refractivity (Wildman–Crippen MR) is 71.9 cm³/mol. The summed E-state index contributed by atoms with van der Waals surface area (Å²) in [7, 11) is 0. The van der Waals surface area contributed by atoms with E-state index in [-0.39, 0.29) is 11.8 Å². The Morgan fingerprint density at radius 1 is 1.55 bits per heavy atom. The van der Waals surface area contributed by atoms with E-state index >= 15 is 0 Å². The number of hydrogen-bond donors (Lipinski definition) is 4. The van der Waals surface area contributed by atoms with Gasteiger partial charge in [0.25, 0.3) is 0 Å². The van der Waals surface area contributed by atoms with Crippen molar-refractivity contribution in [1.82, 2.24) is 20.6 Å². The second-order valence-corrected chi connectivity index (χ2v) is 5.49. The first-order valence-electron chi connectivity index (χ1n) is 6.75. The van der Waals surface area contributed by atoms with Crippen LogP contribution < -0.4 is 10.6 Å². The molecule has 7 heteroatoms. The molecule has 0 bridgehead atoms. The highest BCUT2D eigenvalue weighted by atomic mass is 16.4. The summed E-state index contributed by atoms with van der Waals surface area (Å²) < 4.78 is 0. The van der Waals surface area contributed by atoms with Gasteiger partial charge in [0.05, 0.1) is 23.8 Å². The maximum absolute atomic E-state index is 12.2. The molecule has 1 aromatic rings. The number of nitrogens with zero attached hydrogens (tertiary/aromatic N) is 1. The van der Waals surface area contributed by atoms with E-state index in [1.807, 2.05) is 13.8 Å². The van der Waals surface area contributed by atoms with Gasteiger partial charge in [0.2, 0.25) is 5.91 Å². The molecule has 0 aromatic carbocycles. The van der Waals surface area contributed by atoms with Crippen LogP contribution in [0.3, 0.4) is 0 Å². The first-order chi connectivity index (χ1) is 9.47. The standard InChI is InChI=1S/C13H20N4O3/c1-7(2)3-10(13(19)20)17-12(18)9-4-8-11(5-14-9)16-6-15-8/h6-7,9-10,14H,3-5H2,1-2H3,(H,15,16)(H,17,18)(H,19,20)/t9?,10-/m0/s1. The van der Waals surface area contributed by atoms with Gasteiger partial charge in [-0.15, -0.1) is 0 Å². The zero-order valence-corrected chi connectivity index (χ0v) is 11.6. The van der Waals surface area contributed by atoms with Crippen LogP contribution in [0.25, 0.3) is 0 Å². The first-order valence-corrected chi connectivity index (χ1v) is 6.75. The number of H-pyrrole nitrogens is 1. The van der Waals surface area contributed by atoms with Crippen LogP contribution in [-0.2, 0) is 22.6 Å². The minimum absolute atomic E-state index is 0.202. The smallest absolute Gasteiger partial charge is 0.326 e. The van der Waals surface area contributed by atoms with Crippen molar-refractivity contribution in [2.24, 2.45) is 5.92 Å². The van der Waals surface area contributed by atoms with Gasteiger partial charge in [-0.25, -0.2) is 9.78 Å². The van der Waals surface area contributed by atoms with Crippen LogP contribution in [0.2, 0.25) is 0 Å². The number of nitrogens with one attached hydrogen (secondary N) is 3. The number of rotatable bonds is 5. The number of carbonyl (C=O) groups is 2. The molecule has 0 radical (unpaired) electrons. The van der Waals surface area contributed by atoms with Crippen molar-refractivity contribution in [3.05, 3.63) is 17.7 Å². The van der Waals surface area contributed by atoms with Crippen molar-refractivity contribution in [3.8, 4) is 0 Å². The molecule has 0 aliphatic carbocycles. The number of aromatic amines is 1. The summed E-state index contributed by atoms with van der Waals surface area (Å²) in [4.78, 5) is 30.5. The summed E-state index contributed by atoms with van der Waals surface area (Å²) in [6.45, 7) is 4.39. The molecule has 110 valence electrons. The Labute approximate surface area is 117 Å². The normalized spacial score (nSPS) is 19.4. The molecule has 4 N–H and O–H groups in total. The summed E-state index contributed by atoms with van der Waals surface area (Å²) in [5.41, 5.74) is 1.84. The zero-order valence-electron chi connectivity index (χ0n) is 11.6. The fourth-order valence-corrected chi connectivity index (χ4v) is 2.32. The van der Waals surface area contributed by atoms with Gasteiger partial charge in [0.1, 0.15) is 6.04 Å². The van der Waals surface area contributed by atoms with E-state index in [0.717, 1.165) is 11.4 Å². The monoisotopic (exact) mass is 280 g/mol. The summed E-state index contributed by atoms with van der Waals surface area (Å²) in [5, 5.41) is 14.8. The third-order valence-corrected chi connectivity index (χ3v) is 3.37. The zero-order chi connectivity index (χ0) is 14.7. The highest BCUT2D eigenvalue weighted by Crippen LogP contribution is 2.13. The summed E-state index contributed by atoms with van der Waals surface area (Å²) in [5.74, 6) is -1.08. The molecule has 20 heavy (non-hydrogen) atoms. The number of imidazole rings is 1. The molecular formula is C13H20N4O3. The lowest BCUT2D eigenvalue weighted by molar-refractivity contribution is -0.142. The number of carboxylic acid groups (broad SMARTS) is 1. The van der Waals surface area contributed by atoms with Gasteiger partial charge in [-0.05, 0) is 12.3 Å². The molecule has 0 saturated carbocycles. The molecule has 2 atom stereocenters. The van der Waals surface area contributed by atoms with E-state index in [1.165, 1.54) is 0 Å². The Balaban J connectivity index is 1.96. The van der Waals surface area contributed by atoms with Crippen LogP contribution in [0.1, 0.15) is 31.7 Å². The van der Waals surface area contributed by atoms with Crippen LogP contribution >= 0.6 is 0 Å². The van der Waals surface area contributed by atoms with Crippen LogP contribution in [0.15, 0.2) is 6.33 Å². The van der Waals surface area contributed by atoms with Gasteiger partial charge >= 0.3 is 5.97 Å². The Hall–Kier alpha value is -1.89. The van der Waals surface area contributed by atoms with Crippen molar-refractivity contribution in [3.63, 3.8) is 0 Å². The Morgan fingerprint density at radius 2 is 2.30 bits per heavy atom. The molecule has 0 saturated heterocycles. The van der Waals surface area contributed by atoms with Crippen molar-refractivity contribution < 1.29 is 14.7 Å². The van der Waals surface area contributed by atoms with Crippen molar-refractivity contribution >= 4 is 11.9 Å². The molecule has 2 heterocycles. The minimum Gasteiger partial charge on any atom is -0.480 e. The molecule has 1 aliphatic heterocycles. The van der Waals surface area contributed by atoms with Crippen LogP contribution in [-0.4, -0.2) is 39.0 Å². The maximum atomic E-state index is 12.2. The average molecular weight is 280 g/mol. The van der Waals surface area contributed by atoms with E-state index in [0.29, 0.717) is 19.4 Å². The molecule has 1 aromatic heterocycles. The first kappa shape index (κ1) is 14.5. The fourth-order valence-electron chi connectivity index (χ4n) is 2.32. The summed E-state index contributed by atoms with van der Waals surface area (Å²) >= 11 is 0. The highest BCUT2D eigenvalue weighted by molar-refractivity contribution is 5.87. The highest BCUT2D eigenvalue weighted by Gasteiger charge is 2.29.